The lowest BCUT2D eigenvalue weighted by Gasteiger charge is -2.38. The van der Waals surface area contributed by atoms with E-state index in [9.17, 15) is 115 Å². The topological polar surface area (TPSA) is 71.1 Å². The summed E-state index contributed by atoms with van der Waals surface area (Å²) in [5.41, 5.74) is 0. The smallest absolute Gasteiger partial charge is 0.305 e. The van der Waals surface area contributed by atoms with Gasteiger partial charge >= 0.3 is 83.9 Å². The minimum Gasteiger partial charge on any atom is -0.305 e. The predicted molar refractivity (Wildman–Crippen MR) is 103 cm³/mol. The first-order chi connectivity index (χ1) is 20.9. The van der Waals surface area contributed by atoms with E-state index in [0.717, 1.165) is 0 Å². The van der Waals surface area contributed by atoms with Crippen molar-refractivity contribution in [3.05, 3.63) is 18.2 Å². The number of nitrogens with zero attached hydrogens (tertiary/aromatic N) is 1. The number of hydrogen-bond acceptors (Lipinski definition) is 3. The zero-order valence-corrected chi connectivity index (χ0v) is 21.2. The zero-order valence-electron chi connectivity index (χ0n) is 21.2. The first-order valence-corrected chi connectivity index (χ1v) is 10.8. The standard InChI is InChI=1S/C19H7F24N3O2/c20-6(21)10(24,25)14(32,33)18(40,41)16(36,37)12(28,29)8(47)45-4-2-1-3-5(44-4)46-9(48)13(30,31)17(38,39)19(42,43)15(34,35)11(26,27)7(22)23/h1-3,6-7H,(H2,44,45,46,47,48). The predicted octanol–water partition coefficient (Wildman–Crippen LogP) is 7.84. The first-order valence-electron chi connectivity index (χ1n) is 10.8. The molecule has 0 atom stereocenters. The monoisotopic (exact) mass is 765 g/mol. The number of hydrogen-bond donors (Lipinski definition) is 2. The van der Waals surface area contributed by atoms with Gasteiger partial charge in [-0.05, 0) is 12.1 Å². The number of pyridine rings is 1. The van der Waals surface area contributed by atoms with Crippen LogP contribution in [0.15, 0.2) is 18.2 Å². The molecule has 0 saturated carbocycles. The van der Waals surface area contributed by atoms with E-state index in [-0.39, 0.29) is 28.8 Å². The molecule has 0 bridgehead atoms. The molecule has 0 aliphatic rings. The van der Waals surface area contributed by atoms with Crippen LogP contribution in [0.1, 0.15) is 0 Å². The summed E-state index contributed by atoms with van der Waals surface area (Å²) >= 11 is 0. The van der Waals surface area contributed by atoms with Gasteiger partial charge in [0, 0.05) is 0 Å². The number of nitrogens with one attached hydrogen (secondary N) is 2. The summed E-state index contributed by atoms with van der Waals surface area (Å²) < 4.78 is 318. The number of carbonyl (C=O) groups excluding carboxylic acids is 2. The maximum Gasteiger partial charge on any atom is 0.393 e. The summed E-state index contributed by atoms with van der Waals surface area (Å²) in [6.07, 6.45) is -11.8. The lowest BCUT2D eigenvalue weighted by atomic mass is 9.94. The van der Waals surface area contributed by atoms with Gasteiger partial charge in [0.2, 0.25) is 0 Å². The quantitative estimate of drug-likeness (QED) is 0.190. The van der Waals surface area contributed by atoms with Crippen LogP contribution in [0.5, 0.6) is 0 Å². The molecular weight excluding hydrogens is 758 g/mol. The summed E-state index contributed by atoms with van der Waals surface area (Å²) in [7, 11) is 0. The maximum atomic E-state index is 13.9. The number of halogens is 24. The molecular formula is C19H7F24N3O2. The number of amides is 2. The minimum atomic E-state index is -8.22. The van der Waals surface area contributed by atoms with E-state index in [1.54, 1.807) is 0 Å². The fourth-order valence-corrected chi connectivity index (χ4v) is 2.73. The van der Waals surface area contributed by atoms with Gasteiger partial charge in [-0.25, -0.2) is 22.5 Å². The summed E-state index contributed by atoms with van der Waals surface area (Å²) in [6, 6.07) is -0.0244. The molecule has 5 nitrogen and oxygen atoms in total. The van der Waals surface area contributed by atoms with Gasteiger partial charge in [0.1, 0.15) is 11.6 Å². The zero-order chi connectivity index (χ0) is 38.7. The molecule has 1 aromatic heterocycles. The molecule has 278 valence electrons. The molecule has 0 spiro atoms. The van der Waals surface area contributed by atoms with E-state index in [0.29, 0.717) is 0 Å². The Labute approximate surface area is 245 Å². The van der Waals surface area contributed by atoms with Gasteiger partial charge in [0.25, 0.3) is 0 Å². The number of alkyl halides is 24. The Hall–Kier alpha value is -3.59. The Morgan fingerprint density at radius 1 is 0.458 bits per heavy atom. The fourth-order valence-electron chi connectivity index (χ4n) is 2.73. The van der Waals surface area contributed by atoms with Crippen LogP contribution in [0, 0.1) is 0 Å². The van der Waals surface area contributed by atoms with Crippen LogP contribution >= 0.6 is 0 Å². The number of carbonyl (C=O) groups is 2. The average Bonchev–Trinajstić information content (AvgIpc) is 2.91. The van der Waals surface area contributed by atoms with E-state index in [4.69, 9.17) is 0 Å². The summed E-state index contributed by atoms with van der Waals surface area (Å²) in [6.45, 7) is 0. The average molecular weight is 765 g/mol. The molecule has 0 aromatic carbocycles. The number of rotatable bonds is 14. The molecule has 48 heavy (non-hydrogen) atoms. The third kappa shape index (κ3) is 5.97. The Morgan fingerprint density at radius 3 is 0.938 bits per heavy atom. The van der Waals surface area contributed by atoms with Gasteiger partial charge in [-0.1, -0.05) is 6.07 Å². The molecule has 0 saturated heterocycles. The number of anilines is 2. The lowest BCUT2D eigenvalue weighted by Crippen LogP contribution is -2.70. The van der Waals surface area contributed by atoms with Crippen molar-refractivity contribution < 1.29 is 115 Å². The van der Waals surface area contributed by atoms with Crippen molar-refractivity contribution in [1.29, 1.82) is 0 Å². The van der Waals surface area contributed by atoms with Gasteiger partial charge < -0.3 is 10.6 Å². The summed E-state index contributed by atoms with van der Waals surface area (Å²) in [5.74, 6) is -90.2. The molecule has 1 aromatic rings. The van der Waals surface area contributed by atoms with Crippen LogP contribution < -0.4 is 10.6 Å². The first kappa shape index (κ1) is 42.4. The highest BCUT2D eigenvalue weighted by atomic mass is 19.4. The van der Waals surface area contributed by atoms with Crippen LogP contribution in [-0.4, -0.2) is 88.9 Å². The Bertz CT molecular complexity index is 1260. The normalized spacial score (nSPS) is 15.2. The Balaban J connectivity index is 3.42. The molecule has 0 fully saturated rings. The second-order valence-electron chi connectivity index (χ2n) is 8.76. The van der Waals surface area contributed by atoms with Crippen LogP contribution in [0.2, 0.25) is 0 Å². The van der Waals surface area contributed by atoms with Crippen molar-refractivity contribution in [1.82, 2.24) is 4.98 Å². The van der Waals surface area contributed by atoms with Crippen molar-refractivity contribution >= 4 is 23.5 Å². The highest BCUT2D eigenvalue weighted by Gasteiger charge is 2.90. The van der Waals surface area contributed by atoms with Crippen molar-refractivity contribution in [3.8, 4) is 0 Å². The Morgan fingerprint density at radius 2 is 0.708 bits per heavy atom. The maximum absolute atomic E-state index is 13.9. The largest absolute Gasteiger partial charge is 0.393 e. The fraction of sp³-hybridized carbons (Fsp3) is 0.632. The van der Waals surface area contributed by atoms with Crippen LogP contribution in [0.3, 0.4) is 0 Å². The van der Waals surface area contributed by atoms with Crippen molar-refractivity contribution in [3.63, 3.8) is 0 Å². The highest BCUT2D eigenvalue weighted by molar-refractivity contribution is 5.98. The molecule has 1 rings (SSSR count). The Kier molecular flexibility index (Phi) is 10.7. The molecule has 0 aliphatic carbocycles. The molecule has 0 unspecified atom stereocenters. The van der Waals surface area contributed by atoms with Crippen molar-refractivity contribution in [2.75, 3.05) is 10.6 Å². The van der Waals surface area contributed by atoms with E-state index in [2.05, 4.69) is 4.98 Å². The third-order valence-electron chi connectivity index (χ3n) is 5.55. The summed E-state index contributed by atoms with van der Waals surface area (Å²) in [5, 5.41) is 0.546. The van der Waals surface area contributed by atoms with Crippen molar-refractivity contribution in [2.45, 2.75) is 72.1 Å². The minimum absolute atomic E-state index is 0.0483. The van der Waals surface area contributed by atoms with Gasteiger partial charge in [0.05, 0.1) is 0 Å². The van der Waals surface area contributed by atoms with Gasteiger partial charge in [-0.15, -0.1) is 0 Å². The van der Waals surface area contributed by atoms with E-state index < -0.39 is 95.5 Å². The molecule has 2 amide bonds. The second kappa shape index (κ2) is 12.1. The van der Waals surface area contributed by atoms with Gasteiger partial charge in [-0.2, -0.15) is 87.8 Å². The molecule has 1 heterocycles. The van der Waals surface area contributed by atoms with Crippen LogP contribution in [0.4, 0.5) is 117 Å². The number of aromatic nitrogens is 1. The van der Waals surface area contributed by atoms with E-state index in [1.165, 1.54) is 0 Å². The van der Waals surface area contributed by atoms with E-state index in [1.807, 2.05) is 0 Å². The summed E-state index contributed by atoms with van der Waals surface area (Å²) in [4.78, 5) is 25.5. The van der Waals surface area contributed by atoms with Crippen LogP contribution in [-0.2, 0) is 9.59 Å². The van der Waals surface area contributed by atoms with Crippen LogP contribution in [0.25, 0.3) is 0 Å². The second-order valence-corrected chi connectivity index (χ2v) is 8.76. The molecule has 0 aliphatic heterocycles. The van der Waals surface area contributed by atoms with Crippen molar-refractivity contribution in [2.24, 2.45) is 0 Å². The molecule has 0 radical (unpaired) electrons. The van der Waals surface area contributed by atoms with Gasteiger partial charge in [-0.3, -0.25) is 9.59 Å². The molecule has 29 heteroatoms. The third-order valence-corrected chi connectivity index (χ3v) is 5.55. The van der Waals surface area contributed by atoms with E-state index >= 15 is 0 Å². The lowest BCUT2D eigenvalue weighted by molar-refractivity contribution is -0.406. The SMILES string of the molecule is O=C(Nc1cccc(NC(=O)C(F)(F)C(F)(F)C(F)(F)C(F)(F)C(F)(F)C(F)F)n1)C(F)(F)C(F)(F)C(F)(F)C(F)(F)C(F)(F)C(F)F. The van der Waals surface area contributed by atoms with Gasteiger partial charge in [0.15, 0.2) is 0 Å². The molecule has 2 N–H and O–H groups in total. The highest BCUT2D eigenvalue weighted by Crippen LogP contribution is 2.59.